The van der Waals surface area contributed by atoms with E-state index in [9.17, 15) is 5.11 Å². The van der Waals surface area contributed by atoms with Gasteiger partial charge in [-0.25, -0.2) is 4.98 Å². The van der Waals surface area contributed by atoms with Crippen LogP contribution in [0, 0.1) is 0 Å². The first kappa shape index (κ1) is 13.3. The maximum absolute atomic E-state index is 9.49. The summed E-state index contributed by atoms with van der Waals surface area (Å²) >= 11 is 0. The predicted octanol–water partition coefficient (Wildman–Crippen LogP) is 2.97. The largest absolute Gasteiger partial charge is 0.508 e. The van der Waals surface area contributed by atoms with E-state index in [1.54, 1.807) is 36.7 Å². The molecule has 3 aromatic heterocycles. The second-order valence-corrected chi connectivity index (χ2v) is 5.18. The summed E-state index contributed by atoms with van der Waals surface area (Å²) in [7, 11) is 0. The van der Waals surface area contributed by atoms with Gasteiger partial charge in [-0.2, -0.15) is 5.10 Å². The average Bonchev–Trinajstić information content (AvgIpc) is 2.97. The van der Waals surface area contributed by atoms with Crippen molar-refractivity contribution in [1.82, 2.24) is 20.2 Å². The van der Waals surface area contributed by atoms with Crippen molar-refractivity contribution in [3.05, 3.63) is 54.9 Å². The van der Waals surface area contributed by atoms with Crippen molar-refractivity contribution in [2.45, 2.75) is 0 Å². The molecule has 6 heteroatoms. The van der Waals surface area contributed by atoms with Crippen LogP contribution in [0.15, 0.2) is 54.9 Å². The second-order valence-electron chi connectivity index (χ2n) is 5.18. The lowest BCUT2D eigenvalue weighted by Gasteiger charge is -2.07. The van der Waals surface area contributed by atoms with Crippen LogP contribution in [0.4, 0.5) is 5.82 Å². The molecule has 0 amide bonds. The van der Waals surface area contributed by atoms with E-state index >= 15 is 0 Å². The first-order valence-electron chi connectivity index (χ1n) is 7.07. The Labute approximate surface area is 131 Å². The average molecular weight is 303 g/mol. The molecule has 3 heterocycles. The zero-order valence-electron chi connectivity index (χ0n) is 12.1. The zero-order chi connectivity index (χ0) is 15.8. The first-order valence-corrected chi connectivity index (χ1v) is 7.07. The molecule has 0 unspecified atom stereocenters. The molecule has 0 bridgehead atoms. The minimum atomic E-state index is 0.202. The maximum atomic E-state index is 9.49. The van der Waals surface area contributed by atoms with Crippen LogP contribution < -0.4 is 5.73 Å². The first-order chi connectivity index (χ1) is 11.2. The monoisotopic (exact) mass is 303 g/mol. The molecule has 4 aromatic rings. The number of phenolic OH excluding ortho intramolecular Hbond substituents is 1. The molecule has 6 nitrogen and oxygen atoms in total. The number of pyridine rings is 2. The number of nitrogens with zero attached hydrogens (tertiary/aromatic N) is 3. The highest BCUT2D eigenvalue weighted by Gasteiger charge is 2.14. The Bertz CT molecular complexity index is 977. The van der Waals surface area contributed by atoms with Crippen LogP contribution in [-0.2, 0) is 0 Å². The van der Waals surface area contributed by atoms with Crippen molar-refractivity contribution < 1.29 is 5.11 Å². The Hall–Kier alpha value is -3.41. The molecule has 1 aromatic carbocycles. The summed E-state index contributed by atoms with van der Waals surface area (Å²) in [5, 5.41) is 17.3. The highest BCUT2D eigenvalue weighted by molar-refractivity contribution is 6.01. The summed E-state index contributed by atoms with van der Waals surface area (Å²) < 4.78 is 0. The number of nitrogens with one attached hydrogen (secondary N) is 1. The van der Waals surface area contributed by atoms with E-state index in [1.807, 2.05) is 18.2 Å². The van der Waals surface area contributed by atoms with Gasteiger partial charge in [0.1, 0.15) is 5.75 Å². The van der Waals surface area contributed by atoms with Gasteiger partial charge in [0.15, 0.2) is 5.82 Å². The fraction of sp³-hybridized carbons (Fsp3) is 0. The van der Waals surface area contributed by atoms with E-state index in [0.717, 1.165) is 27.7 Å². The number of H-pyrrole nitrogens is 1. The summed E-state index contributed by atoms with van der Waals surface area (Å²) in [6.07, 6.45) is 3.48. The van der Waals surface area contributed by atoms with Gasteiger partial charge < -0.3 is 10.8 Å². The van der Waals surface area contributed by atoms with Gasteiger partial charge in [-0.15, -0.1) is 0 Å². The minimum Gasteiger partial charge on any atom is -0.508 e. The third kappa shape index (κ3) is 2.26. The second kappa shape index (κ2) is 5.10. The molecule has 0 radical (unpaired) electrons. The standard InChI is InChI=1S/C17H13N5O/c18-17-15-14(21-22-17)8-13(11-2-1-7-19-9-11)20-16(15)10-3-5-12(23)6-4-10/h1-9,23H,(H3,18,21,22). The van der Waals surface area contributed by atoms with Crippen molar-refractivity contribution in [3.63, 3.8) is 0 Å². The van der Waals surface area contributed by atoms with Gasteiger partial charge in [0.2, 0.25) is 0 Å². The Kier molecular flexibility index (Phi) is 2.94. The van der Waals surface area contributed by atoms with E-state index in [-0.39, 0.29) is 5.75 Å². The summed E-state index contributed by atoms with van der Waals surface area (Å²) in [6.45, 7) is 0. The van der Waals surface area contributed by atoms with Gasteiger partial charge >= 0.3 is 0 Å². The molecule has 4 N–H and O–H groups in total. The fourth-order valence-corrected chi connectivity index (χ4v) is 2.56. The number of fused-ring (bicyclic) bond motifs is 1. The molecule has 0 aliphatic carbocycles. The number of aromatic hydroxyl groups is 1. The molecule has 0 aliphatic heterocycles. The van der Waals surface area contributed by atoms with E-state index < -0.39 is 0 Å². The van der Waals surface area contributed by atoms with Crippen molar-refractivity contribution in [3.8, 4) is 28.3 Å². The zero-order valence-corrected chi connectivity index (χ0v) is 12.1. The van der Waals surface area contributed by atoms with E-state index in [4.69, 9.17) is 10.7 Å². The lowest BCUT2D eigenvalue weighted by atomic mass is 10.0. The van der Waals surface area contributed by atoms with Gasteiger partial charge in [-0.1, -0.05) is 0 Å². The van der Waals surface area contributed by atoms with Crippen LogP contribution in [-0.4, -0.2) is 25.3 Å². The lowest BCUT2D eigenvalue weighted by molar-refractivity contribution is 0.475. The summed E-state index contributed by atoms with van der Waals surface area (Å²) in [5.41, 5.74) is 10.0. The van der Waals surface area contributed by atoms with Crippen LogP contribution in [0.5, 0.6) is 5.75 Å². The van der Waals surface area contributed by atoms with E-state index in [1.165, 1.54) is 0 Å². The maximum Gasteiger partial charge on any atom is 0.155 e. The Morgan fingerprint density at radius 2 is 1.87 bits per heavy atom. The van der Waals surface area contributed by atoms with Crippen molar-refractivity contribution in [2.24, 2.45) is 0 Å². The lowest BCUT2D eigenvalue weighted by Crippen LogP contribution is -1.92. The smallest absolute Gasteiger partial charge is 0.155 e. The normalized spacial score (nSPS) is 11.0. The number of nitrogen functional groups attached to an aromatic ring is 1. The van der Waals surface area contributed by atoms with Gasteiger partial charge in [-0.3, -0.25) is 10.1 Å². The number of hydrogen-bond donors (Lipinski definition) is 3. The molecule has 4 rings (SSSR count). The molecule has 112 valence electrons. The minimum absolute atomic E-state index is 0.202. The van der Waals surface area contributed by atoms with Gasteiger partial charge in [-0.05, 0) is 42.5 Å². The summed E-state index contributed by atoms with van der Waals surface area (Å²) in [6, 6.07) is 12.6. The highest BCUT2D eigenvalue weighted by Crippen LogP contribution is 2.33. The molecule has 23 heavy (non-hydrogen) atoms. The number of benzene rings is 1. The number of rotatable bonds is 2. The van der Waals surface area contributed by atoms with Gasteiger partial charge in [0.05, 0.1) is 22.3 Å². The van der Waals surface area contributed by atoms with Crippen molar-refractivity contribution in [2.75, 3.05) is 5.73 Å². The number of hydrogen-bond acceptors (Lipinski definition) is 5. The topological polar surface area (TPSA) is 101 Å². The van der Waals surface area contributed by atoms with Gasteiger partial charge in [0.25, 0.3) is 0 Å². The molecule has 0 spiro atoms. The molecule has 0 saturated carbocycles. The van der Waals surface area contributed by atoms with Crippen molar-refractivity contribution >= 4 is 16.7 Å². The van der Waals surface area contributed by atoms with Crippen LogP contribution in [0.25, 0.3) is 33.4 Å². The Morgan fingerprint density at radius 1 is 1.04 bits per heavy atom. The van der Waals surface area contributed by atoms with E-state index in [2.05, 4.69) is 15.2 Å². The third-order valence-electron chi connectivity index (χ3n) is 3.67. The Balaban J connectivity index is 2.01. The molecule has 0 fully saturated rings. The van der Waals surface area contributed by atoms with Crippen molar-refractivity contribution in [1.29, 1.82) is 0 Å². The molecule has 0 atom stereocenters. The van der Waals surface area contributed by atoms with E-state index in [0.29, 0.717) is 11.5 Å². The number of aromatic amines is 1. The highest BCUT2D eigenvalue weighted by atomic mass is 16.3. The molecule has 0 saturated heterocycles. The number of anilines is 1. The van der Waals surface area contributed by atoms with Gasteiger partial charge in [0, 0.05) is 23.5 Å². The number of phenols is 1. The fourth-order valence-electron chi connectivity index (χ4n) is 2.56. The predicted molar refractivity (Wildman–Crippen MR) is 88.6 cm³/mol. The van der Waals surface area contributed by atoms with Crippen LogP contribution in [0.3, 0.4) is 0 Å². The SMILES string of the molecule is Nc1n[nH]c2cc(-c3cccnc3)nc(-c3ccc(O)cc3)c12. The van der Waals surface area contributed by atoms with Crippen LogP contribution in [0.2, 0.25) is 0 Å². The molecule has 0 aliphatic rings. The molecular weight excluding hydrogens is 290 g/mol. The number of aromatic nitrogens is 4. The Morgan fingerprint density at radius 3 is 2.61 bits per heavy atom. The summed E-state index contributed by atoms with van der Waals surface area (Å²) in [5.74, 6) is 0.599. The van der Waals surface area contributed by atoms with Crippen LogP contribution in [0.1, 0.15) is 0 Å². The number of nitrogens with two attached hydrogens (primary N) is 1. The van der Waals surface area contributed by atoms with Crippen LogP contribution >= 0.6 is 0 Å². The quantitative estimate of drug-likeness (QED) is 0.528. The summed E-state index contributed by atoms with van der Waals surface area (Å²) in [4.78, 5) is 8.88. The molecular formula is C17H13N5O. The third-order valence-corrected chi connectivity index (χ3v) is 3.67.